The molecule has 1 N–H and O–H groups in total. The molecule has 0 aromatic carbocycles. The summed E-state index contributed by atoms with van der Waals surface area (Å²) >= 11 is 0. The molecule has 1 atom stereocenters. The summed E-state index contributed by atoms with van der Waals surface area (Å²) in [6.45, 7) is 8.15. The van der Waals surface area contributed by atoms with Gasteiger partial charge in [0.05, 0.1) is 5.60 Å². The van der Waals surface area contributed by atoms with Gasteiger partial charge in [-0.2, -0.15) is 0 Å². The monoisotopic (exact) mass is 267 g/mol. The van der Waals surface area contributed by atoms with E-state index in [1.807, 2.05) is 0 Å². The minimum Gasteiger partial charge on any atom is -0.375 e. The molecule has 0 aromatic rings. The molecule has 0 radical (unpaired) electrons. The molecule has 0 aromatic heterocycles. The Labute approximate surface area is 117 Å². The van der Waals surface area contributed by atoms with Crippen LogP contribution < -0.4 is 5.32 Å². The normalized spacial score (nSPS) is 31.6. The Morgan fingerprint density at radius 2 is 2.11 bits per heavy atom. The first-order valence-corrected chi connectivity index (χ1v) is 8.05. The molecular weight excluding hydrogens is 238 g/mol. The van der Waals surface area contributed by atoms with Gasteiger partial charge in [0.1, 0.15) is 0 Å². The van der Waals surface area contributed by atoms with Crippen LogP contribution in [0.4, 0.5) is 0 Å². The van der Waals surface area contributed by atoms with Crippen LogP contribution in [-0.4, -0.2) is 74.4 Å². The molecule has 2 saturated heterocycles. The van der Waals surface area contributed by atoms with Gasteiger partial charge in [-0.3, -0.25) is 4.90 Å². The lowest BCUT2D eigenvalue weighted by molar-refractivity contribution is -0.147. The van der Waals surface area contributed by atoms with Crippen LogP contribution in [0.3, 0.4) is 0 Å². The average Bonchev–Trinajstić information content (AvgIpc) is 2.44. The third kappa shape index (κ3) is 3.30. The van der Waals surface area contributed by atoms with E-state index in [9.17, 15) is 0 Å². The predicted octanol–water partition coefficient (Wildman–Crippen LogP) is 0.925. The first kappa shape index (κ1) is 13.8. The van der Waals surface area contributed by atoms with E-state index >= 15 is 0 Å². The van der Waals surface area contributed by atoms with Gasteiger partial charge in [0.15, 0.2) is 0 Å². The lowest BCUT2D eigenvalue weighted by Crippen LogP contribution is -2.52. The zero-order valence-electron chi connectivity index (χ0n) is 12.4. The van der Waals surface area contributed by atoms with E-state index in [1.165, 1.54) is 58.3 Å². The van der Waals surface area contributed by atoms with Crippen LogP contribution in [0, 0.1) is 0 Å². The maximum Gasteiger partial charge on any atom is 0.0697 e. The van der Waals surface area contributed by atoms with E-state index in [2.05, 4.69) is 22.2 Å². The second-order valence-corrected chi connectivity index (χ2v) is 6.60. The Morgan fingerprint density at radius 1 is 1.32 bits per heavy atom. The summed E-state index contributed by atoms with van der Waals surface area (Å²) in [6.07, 6.45) is 6.46. The highest BCUT2D eigenvalue weighted by Crippen LogP contribution is 2.43. The summed E-state index contributed by atoms with van der Waals surface area (Å²) in [7, 11) is 2.31. The number of rotatable bonds is 4. The molecule has 2 aliphatic heterocycles. The fourth-order valence-corrected chi connectivity index (χ4v) is 3.71. The molecule has 110 valence electrons. The van der Waals surface area contributed by atoms with Gasteiger partial charge in [-0.25, -0.2) is 0 Å². The number of hydrogen-bond donors (Lipinski definition) is 1. The molecule has 4 heteroatoms. The van der Waals surface area contributed by atoms with Gasteiger partial charge in [0.25, 0.3) is 0 Å². The largest absolute Gasteiger partial charge is 0.375 e. The van der Waals surface area contributed by atoms with E-state index < -0.39 is 0 Å². The molecule has 3 fully saturated rings. The van der Waals surface area contributed by atoms with E-state index in [0.29, 0.717) is 0 Å². The molecular formula is C15H29N3O. The van der Waals surface area contributed by atoms with E-state index in [1.54, 1.807) is 0 Å². The topological polar surface area (TPSA) is 27.7 Å². The van der Waals surface area contributed by atoms with E-state index in [0.717, 1.165) is 25.7 Å². The van der Waals surface area contributed by atoms with Crippen molar-refractivity contribution in [2.75, 3.05) is 52.9 Å². The minimum atomic E-state index is 0.284. The summed E-state index contributed by atoms with van der Waals surface area (Å²) in [5.74, 6) is 0. The quantitative estimate of drug-likeness (QED) is 0.820. The van der Waals surface area contributed by atoms with Crippen molar-refractivity contribution in [2.24, 2.45) is 0 Å². The van der Waals surface area contributed by atoms with Crippen LogP contribution in [0.2, 0.25) is 0 Å². The number of piperazine rings is 1. The van der Waals surface area contributed by atoms with Crippen molar-refractivity contribution in [1.82, 2.24) is 15.1 Å². The number of nitrogens with zero attached hydrogens (tertiary/aromatic N) is 2. The molecule has 0 bridgehead atoms. The molecule has 1 unspecified atom stereocenters. The Bertz CT molecular complexity index is 287. The van der Waals surface area contributed by atoms with Gasteiger partial charge in [0.2, 0.25) is 0 Å². The van der Waals surface area contributed by atoms with E-state index in [-0.39, 0.29) is 5.60 Å². The standard InChI is InChI=1S/C15H29N3O/c1-17(10-11-18-8-6-16-7-9-18)14-3-12-19-15(13-14)4-2-5-15/h14,16H,2-13H2,1H3. The van der Waals surface area contributed by atoms with Gasteiger partial charge in [-0.05, 0) is 39.2 Å². The Morgan fingerprint density at radius 3 is 2.79 bits per heavy atom. The molecule has 1 aliphatic carbocycles. The molecule has 0 amide bonds. The fourth-order valence-electron chi connectivity index (χ4n) is 3.71. The zero-order valence-corrected chi connectivity index (χ0v) is 12.4. The van der Waals surface area contributed by atoms with Crippen LogP contribution in [0.15, 0.2) is 0 Å². The smallest absolute Gasteiger partial charge is 0.0697 e. The highest BCUT2D eigenvalue weighted by Gasteiger charge is 2.43. The third-order valence-electron chi connectivity index (χ3n) is 5.33. The van der Waals surface area contributed by atoms with E-state index in [4.69, 9.17) is 4.74 Å². The second-order valence-electron chi connectivity index (χ2n) is 6.60. The van der Waals surface area contributed by atoms with Gasteiger partial charge < -0.3 is 15.0 Å². The maximum absolute atomic E-state index is 6.03. The van der Waals surface area contributed by atoms with Crippen molar-refractivity contribution in [3.8, 4) is 0 Å². The van der Waals surface area contributed by atoms with Gasteiger partial charge in [-0.15, -0.1) is 0 Å². The van der Waals surface area contributed by atoms with Crippen molar-refractivity contribution >= 4 is 0 Å². The second kappa shape index (κ2) is 6.08. The molecule has 3 aliphatic rings. The molecule has 2 heterocycles. The Kier molecular flexibility index (Phi) is 4.42. The molecule has 1 saturated carbocycles. The van der Waals surface area contributed by atoms with Crippen molar-refractivity contribution in [3.05, 3.63) is 0 Å². The zero-order chi connectivity index (χ0) is 13.1. The predicted molar refractivity (Wildman–Crippen MR) is 77.5 cm³/mol. The molecule has 1 spiro atoms. The van der Waals surface area contributed by atoms with Gasteiger partial charge in [0, 0.05) is 51.9 Å². The average molecular weight is 267 g/mol. The third-order valence-corrected chi connectivity index (χ3v) is 5.33. The SMILES string of the molecule is CN(CCN1CCNCC1)C1CCOC2(CCC2)C1. The maximum atomic E-state index is 6.03. The van der Waals surface area contributed by atoms with Gasteiger partial charge in [-0.1, -0.05) is 0 Å². The van der Waals surface area contributed by atoms with Crippen LogP contribution in [0.1, 0.15) is 32.1 Å². The van der Waals surface area contributed by atoms with Crippen molar-refractivity contribution in [2.45, 2.75) is 43.7 Å². The van der Waals surface area contributed by atoms with Crippen molar-refractivity contribution in [3.63, 3.8) is 0 Å². The van der Waals surface area contributed by atoms with Crippen molar-refractivity contribution in [1.29, 1.82) is 0 Å². The molecule has 4 nitrogen and oxygen atoms in total. The lowest BCUT2D eigenvalue weighted by Gasteiger charge is -2.49. The van der Waals surface area contributed by atoms with Crippen molar-refractivity contribution < 1.29 is 4.74 Å². The molecule has 19 heavy (non-hydrogen) atoms. The summed E-state index contributed by atoms with van der Waals surface area (Å²) < 4.78 is 6.03. The Balaban J connectivity index is 1.42. The first-order chi connectivity index (χ1) is 9.27. The first-order valence-electron chi connectivity index (χ1n) is 8.05. The van der Waals surface area contributed by atoms with Crippen LogP contribution in [0.25, 0.3) is 0 Å². The summed E-state index contributed by atoms with van der Waals surface area (Å²) in [4.78, 5) is 5.18. The van der Waals surface area contributed by atoms with Gasteiger partial charge >= 0.3 is 0 Å². The Hall–Kier alpha value is -0.160. The number of nitrogens with one attached hydrogen (secondary N) is 1. The summed E-state index contributed by atoms with van der Waals surface area (Å²) in [6, 6.07) is 0.747. The summed E-state index contributed by atoms with van der Waals surface area (Å²) in [5, 5.41) is 3.42. The number of hydrogen-bond acceptors (Lipinski definition) is 4. The molecule has 3 rings (SSSR count). The van der Waals surface area contributed by atoms with Crippen LogP contribution in [0.5, 0.6) is 0 Å². The lowest BCUT2D eigenvalue weighted by atomic mass is 9.73. The highest BCUT2D eigenvalue weighted by atomic mass is 16.5. The number of likely N-dealkylation sites (N-methyl/N-ethyl adjacent to an activating group) is 1. The minimum absolute atomic E-state index is 0.284. The highest BCUT2D eigenvalue weighted by molar-refractivity contribution is 4.96. The van der Waals surface area contributed by atoms with Crippen LogP contribution >= 0.6 is 0 Å². The van der Waals surface area contributed by atoms with Crippen LogP contribution in [-0.2, 0) is 4.74 Å². The fraction of sp³-hybridized carbons (Fsp3) is 1.00. The number of ether oxygens (including phenoxy) is 1. The summed E-state index contributed by atoms with van der Waals surface area (Å²) in [5.41, 5.74) is 0.284.